The maximum Gasteiger partial charge on any atom is 0.136 e. The molecule has 0 aliphatic rings. The summed E-state index contributed by atoms with van der Waals surface area (Å²) in [6.45, 7) is 0. The van der Waals surface area contributed by atoms with Gasteiger partial charge in [0.05, 0.1) is 11.0 Å². The number of benzene rings is 10. The Balaban J connectivity index is 0.906. The zero-order chi connectivity index (χ0) is 40.3. The van der Waals surface area contributed by atoms with Crippen LogP contribution in [-0.2, 0) is 0 Å². The third kappa shape index (κ3) is 5.98. The van der Waals surface area contributed by atoms with Crippen LogP contribution in [0.3, 0.4) is 0 Å². The zero-order valence-electron chi connectivity index (χ0n) is 33.2. The van der Waals surface area contributed by atoms with Crippen LogP contribution in [0.2, 0.25) is 0 Å². The van der Waals surface area contributed by atoms with E-state index in [2.05, 4.69) is 228 Å². The minimum absolute atomic E-state index is 0.899. The van der Waals surface area contributed by atoms with Crippen molar-refractivity contribution in [2.75, 3.05) is 4.90 Å². The third-order valence-electron chi connectivity index (χ3n) is 12.2. The van der Waals surface area contributed by atoms with Crippen molar-refractivity contribution in [3.05, 3.63) is 231 Å². The number of aromatic nitrogens is 1. The van der Waals surface area contributed by atoms with E-state index in [4.69, 9.17) is 4.42 Å². The number of nitrogens with zero attached hydrogens (tertiary/aromatic N) is 2. The van der Waals surface area contributed by atoms with Gasteiger partial charge in [-0.3, -0.25) is 0 Å². The van der Waals surface area contributed by atoms with Crippen molar-refractivity contribution in [2.45, 2.75) is 0 Å². The van der Waals surface area contributed by atoms with Gasteiger partial charge in [-0.1, -0.05) is 152 Å². The molecule has 0 saturated carbocycles. The molecular weight excluding hydrogens is 741 g/mol. The molecule has 286 valence electrons. The van der Waals surface area contributed by atoms with Crippen molar-refractivity contribution < 1.29 is 4.42 Å². The fourth-order valence-electron chi connectivity index (χ4n) is 9.22. The van der Waals surface area contributed by atoms with Crippen LogP contribution in [0.1, 0.15) is 0 Å². The van der Waals surface area contributed by atoms with E-state index >= 15 is 0 Å². The van der Waals surface area contributed by atoms with Crippen LogP contribution >= 0.6 is 0 Å². The van der Waals surface area contributed by atoms with Crippen LogP contribution < -0.4 is 4.90 Å². The van der Waals surface area contributed by atoms with Crippen LogP contribution in [0.25, 0.3) is 93.6 Å². The smallest absolute Gasteiger partial charge is 0.136 e. The third-order valence-corrected chi connectivity index (χ3v) is 12.2. The number of para-hydroxylation sites is 3. The highest BCUT2D eigenvalue weighted by Gasteiger charge is 2.18. The summed E-state index contributed by atoms with van der Waals surface area (Å²) in [7, 11) is 0. The van der Waals surface area contributed by atoms with Gasteiger partial charge in [0.2, 0.25) is 0 Å². The van der Waals surface area contributed by atoms with E-state index in [1.54, 1.807) is 0 Å². The zero-order valence-corrected chi connectivity index (χ0v) is 33.2. The predicted octanol–water partition coefficient (Wildman–Crippen LogP) is 16.3. The second kappa shape index (κ2) is 14.3. The summed E-state index contributed by atoms with van der Waals surface area (Å²) in [4.78, 5) is 2.35. The van der Waals surface area contributed by atoms with Gasteiger partial charge in [0, 0.05) is 44.3 Å². The number of hydrogen-bond donors (Lipinski definition) is 0. The highest BCUT2D eigenvalue weighted by molar-refractivity contribution is 6.19. The normalized spacial score (nSPS) is 11.6. The Morgan fingerprint density at radius 2 is 0.820 bits per heavy atom. The standard InChI is InChI=1S/C58H38N2O/c1-3-11-39(12-4-1)41-23-30-47(31-24-41)59(49-34-27-44-29-36-57-58(52(44)38-49)51-16-8-10-18-56(51)61-57)48-32-25-42(26-33-48)40-19-21-43(22-20-40)45-28-35-55-53(37-45)50-15-7-9-17-54(50)60(55)46-13-5-2-6-14-46/h1-38H. The van der Waals surface area contributed by atoms with Crippen LogP contribution in [0.4, 0.5) is 17.1 Å². The van der Waals surface area contributed by atoms with Crippen molar-refractivity contribution in [1.29, 1.82) is 0 Å². The largest absolute Gasteiger partial charge is 0.456 e. The van der Waals surface area contributed by atoms with Gasteiger partial charge in [0.15, 0.2) is 0 Å². The molecule has 0 bridgehead atoms. The number of fused-ring (bicyclic) bond motifs is 8. The molecule has 12 rings (SSSR count). The Morgan fingerprint density at radius 1 is 0.311 bits per heavy atom. The van der Waals surface area contributed by atoms with E-state index < -0.39 is 0 Å². The predicted molar refractivity (Wildman–Crippen MR) is 257 cm³/mol. The van der Waals surface area contributed by atoms with Gasteiger partial charge in [-0.05, 0) is 123 Å². The van der Waals surface area contributed by atoms with Gasteiger partial charge in [-0.25, -0.2) is 0 Å². The molecule has 3 heteroatoms. The molecule has 0 N–H and O–H groups in total. The molecule has 61 heavy (non-hydrogen) atoms. The highest BCUT2D eigenvalue weighted by Crippen LogP contribution is 2.42. The Bertz CT molecular complexity index is 3550. The fourth-order valence-corrected chi connectivity index (χ4v) is 9.22. The molecule has 2 aromatic heterocycles. The van der Waals surface area contributed by atoms with E-state index in [9.17, 15) is 0 Å². The molecular formula is C58H38N2O. The lowest BCUT2D eigenvalue weighted by Gasteiger charge is -2.26. The van der Waals surface area contributed by atoms with Crippen LogP contribution in [0, 0.1) is 0 Å². The molecule has 3 nitrogen and oxygen atoms in total. The van der Waals surface area contributed by atoms with Crippen LogP contribution in [-0.4, -0.2) is 4.57 Å². The summed E-state index contributed by atoms with van der Waals surface area (Å²) in [5.74, 6) is 0. The van der Waals surface area contributed by atoms with Crippen LogP contribution in [0.15, 0.2) is 235 Å². The maximum absolute atomic E-state index is 6.31. The highest BCUT2D eigenvalue weighted by atomic mass is 16.3. The molecule has 0 radical (unpaired) electrons. The fraction of sp³-hybridized carbons (Fsp3) is 0. The van der Waals surface area contributed by atoms with Crippen molar-refractivity contribution in [3.63, 3.8) is 0 Å². The number of hydrogen-bond acceptors (Lipinski definition) is 2. The number of furan rings is 1. The topological polar surface area (TPSA) is 21.3 Å². The summed E-state index contributed by atoms with van der Waals surface area (Å²) < 4.78 is 8.67. The number of rotatable bonds is 7. The summed E-state index contributed by atoms with van der Waals surface area (Å²) in [5, 5.41) is 7.14. The Kier molecular flexibility index (Phi) is 8.17. The summed E-state index contributed by atoms with van der Waals surface area (Å²) in [6.07, 6.45) is 0. The maximum atomic E-state index is 6.31. The van der Waals surface area contributed by atoms with E-state index in [1.807, 2.05) is 12.1 Å². The molecule has 12 aromatic rings. The van der Waals surface area contributed by atoms with Crippen molar-refractivity contribution in [3.8, 4) is 39.1 Å². The molecule has 10 aromatic carbocycles. The molecule has 0 fully saturated rings. The van der Waals surface area contributed by atoms with Crippen molar-refractivity contribution >= 4 is 71.6 Å². The Hall–Kier alpha value is -8.14. The lowest BCUT2D eigenvalue weighted by Crippen LogP contribution is -2.09. The molecule has 0 unspecified atom stereocenters. The quantitative estimate of drug-likeness (QED) is 0.161. The van der Waals surface area contributed by atoms with Crippen LogP contribution in [0.5, 0.6) is 0 Å². The lowest BCUT2D eigenvalue weighted by molar-refractivity contribution is 0.669. The van der Waals surface area contributed by atoms with E-state index in [1.165, 1.54) is 71.6 Å². The number of anilines is 3. The SMILES string of the molecule is c1ccc(-c2ccc(N(c3ccc(-c4ccc(-c5ccc6c(c5)c5ccccc5n6-c5ccccc5)cc4)cc3)c3ccc4ccc5oc6ccccc6c5c4c3)cc2)cc1. The second-order valence-electron chi connectivity index (χ2n) is 15.7. The molecule has 0 spiro atoms. The Labute approximate surface area is 353 Å². The molecule has 0 aliphatic carbocycles. The Morgan fingerprint density at radius 3 is 1.52 bits per heavy atom. The first-order chi connectivity index (χ1) is 30.2. The monoisotopic (exact) mass is 778 g/mol. The average Bonchev–Trinajstić information content (AvgIpc) is 3.89. The van der Waals surface area contributed by atoms with Crippen molar-refractivity contribution in [2.24, 2.45) is 0 Å². The van der Waals surface area contributed by atoms with E-state index in [0.29, 0.717) is 0 Å². The summed E-state index contributed by atoms with van der Waals surface area (Å²) in [5.41, 5.74) is 15.8. The molecule has 2 heterocycles. The minimum Gasteiger partial charge on any atom is -0.456 e. The summed E-state index contributed by atoms with van der Waals surface area (Å²) in [6, 6.07) is 82.9. The first kappa shape index (κ1) is 34.9. The van der Waals surface area contributed by atoms with Gasteiger partial charge in [-0.15, -0.1) is 0 Å². The second-order valence-corrected chi connectivity index (χ2v) is 15.7. The van der Waals surface area contributed by atoms with Crippen molar-refractivity contribution in [1.82, 2.24) is 4.57 Å². The first-order valence-corrected chi connectivity index (χ1v) is 20.8. The summed E-state index contributed by atoms with van der Waals surface area (Å²) >= 11 is 0. The molecule has 0 saturated heterocycles. The van der Waals surface area contributed by atoms with Gasteiger partial charge in [-0.2, -0.15) is 0 Å². The van der Waals surface area contributed by atoms with Gasteiger partial charge in [0.25, 0.3) is 0 Å². The van der Waals surface area contributed by atoms with Gasteiger partial charge < -0.3 is 13.9 Å². The van der Waals surface area contributed by atoms with E-state index in [-0.39, 0.29) is 0 Å². The lowest BCUT2D eigenvalue weighted by atomic mass is 9.98. The first-order valence-electron chi connectivity index (χ1n) is 20.8. The van der Waals surface area contributed by atoms with Gasteiger partial charge >= 0.3 is 0 Å². The van der Waals surface area contributed by atoms with Gasteiger partial charge in [0.1, 0.15) is 11.2 Å². The molecule has 0 atom stereocenters. The minimum atomic E-state index is 0.899. The molecule has 0 amide bonds. The average molecular weight is 779 g/mol. The van der Waals surface area contributed by atoms with E-state index in [0.717, 1.165) is 39.0 Å². The molecule has 0 aliphatic heterocycles.